The van der Waals surface area contributed by atoms with Crippen LogP contribution in [0.4, 0.5) is 0 Å². The van der Waals surface area contributed by atoms with Crippen LogP contribution in [0.15, 0.2) is 11.6 Å². The predicted molar refractivity (Wildman–Crippen MR) is 191 cm³/mol. The summed E-state index contributed by atoms with van der Waals surface area (Å²) in [6, 6.07) is 0. The Morgan fingerprint density at radius 1 is 0.783 bits per heavy atom. The first-order chi connectivity index (χ1) is 22.1. The van der Waals surface area contributed by atoms with E-state index in [4.69, 9.17) is 9.84 Å². The van der Waals surface area contributed by atoms with Crippen LogP contribution in [0.2, 0.25) is 0 Å². The van der Waals surface area contributed by atoms with E-state index in [1.807, 2.05) is 0 Å². The monoisotopic (exact) mass is 641 g/mol. The van der Waals surface area contributed by atoms with Crippen LogP contribution in [0.5, 0.6) is 0 Å². The average Bonchev–Trinajstić information content (AvgIpc) is 3.35. The lowest BCUT2D eigenvalue weighted by molar-refractivity contribution is -0.151. The second-order valence-corrected chi connectivity index (χ2v) is 17.2. The van der Waals surface area contributed by atoms with Gasteiger partial charge < -0.3 is 9.84 Å². The van der Waals surface area contributed by atoms with Crippen molar-refractivity contribution >= 4 is 11.9 Å². The summed E-state index contributed by atoms with van der Waals surface area (Å²) in [5, 5.41) is 8.69. The summed E-state index contributed by atoms with van der Waals surface area (Å²) >= 11 is 0. The Hall–Kier alpha value is -1.32. The molecule has 0 aromatic carbocycles. The van der Waals surface area contributed by atoms with Crippen LogP contribution >= 0.6 is 0 Å². The molecule has 264 valence electrons. The summed E-state index contributed by atoms with van der Waals surface area (Å²) in [5.74, 6) is 3.77. The summed E-state index contributed by atoms with van der Waals surface area (Å²) in [6.45, 7) is 10.00. The molecule has 4 aliphatic rings. The number of hydrogen-bond donors (Lipinski definition) is 1. The van der Waals surface area contributed by atoms with E-state index in [-0.39, 0.29) is 12.1 Å². The van der Waals surface area contributed by atoms with Gasteiger partial charge in [-0.2, -0.15) is 0 Å². The summed E-state index contributed by atoms with van der Waals surface area (Å²) < 4.78 is 6.09. The van der Waals surface area contributed by atoms with E-state index in [9.17, 15) is 9.59 Å². The smallest absolute Gasteiger partial charge is 0.306 e. The van der Waals surface area contributed by atoms with Gasteiger partial charge in [0.15, 0.2) is 0 Å². The van der Waals surface area contributed by atoms with Gasteiger partial charge >= 0.3 is 11.9 Å². The third kappa shape index (κ3) is 10.3. The Balaban J connectivity index is 1.09. The van der Waals surface area contributed by atoms with Gasteiger partial charge in [-0.25, -0.2) is 0 Å². The van der Waals surface area contributed by atoms with E-state index in [2.05, 4.69) is 33.8 Å². The fourth-order valence-corrected chi connectivity index (χ4v) is 10.8. The second-order valence-electron chi connectivity index (χ2n) is 17.2. The number of carbonyl (C=O) groups is 2. The number of carboxylic acids is 1. The maximum atomic E-state index is 12.8. The van der Waals surface area contributed by atoms with Gasteiger partial charge in [0.05, 0.1) is 0 Å². The van der Waals surface area contributed by atoms with Crippen molar-refractivity contribution in [2.45, 2.75) is 201 Å². The van der Waals surface area contributed by atoms with E-state index < -0.39 is 5.97 Å². The first kappa shape index (κ1) is 37.5. The van der Waals surface area contributed by atoms with E-state index in [1.54, 1.807) is 5.57 Å². The van der Waals surface area contributed by atoms with Gasteiger partial charge in [0.2, 0.25) is 0 Å². The van der Waals surface area contributed by atoms with Crippen molar-refractivity contribution in [1.82, 2.24) is 0 Å². The van der Waals surface area contributed by atoms with Gasteiger partial charge in [-0.3, -0.25) is 9.59 Å². The molecule has 4 aliphatic carbocycles. The van der Waals surface area contributed by atoms with Crippen LogP contribution in [0.25, 0.3) is 0 Å². The number of fused-ring (bicyclic) bond motifs is 5. The SMILES string of the molecule is CC(C)CCCCC1CCC2C3CC=C4CC(OC(=O)CCCCCCCCCCCCCCC(=O)O)CCC4(C)C3CCC12C. The largest absolute Gasteiger partial charge is 0.481 e. The number of carbonyl (C=O) groups excluding carboxylic acids is 1. The van der Waals surface area contributed by atoms with Crippen molar-refractivity contribution in [2.24, 2.45) is 40.4 Å². The number of allylic oxidation sites excluding steroid dienone is 1. The number of ether oxygens (including phenoxy) is 1. The first-order valence-corrected chi connectivity index (χ1v) is 20.2. The highest BCUT2D eigenvalue weighted by Gasteiger charge is 2.58. The van der Waals surface area contributed by atoms with E-state index in [0.717, 1.165) is 68.1 Å². The first-order valence-electron chi connectivity index (χ1n) is 20.2. The number of rotatable bonds is 21. The normalized spacial score (nSPS) is 32.0. The highest BCUT2D eigenvalue weighted by Crippen LogP contribution is 2.66. The molecule has 4 nitrogen and oxygen atoms in total. The third-order valence-electron chi connectivity index (χ3n) is 13.7. The van der Waals surface area contributed by atoms with Crippen LogP contribution in [-0.2, 0) is 14.3 Å². The molecule has 0 aromatic rings. The fraction of sp³-hybridized carbons (Fsp3) is 0.905. The molecule has 0 aliphatic heterocycles. The minimum Gasteiger partial charge on any atom is -0.481 e. The zero-order valence-corrected chi connectivity index (χ0v) is 30.6. The molecule has 0 heterocycles. The van der Waals surface area contributed by atoms with Crippen molar-refractivity contribution in [3.8, 4) is 0 Å². The minimum absolute atomic E-state index is 0.0325. The molecule has 4 rings (SSSR count). The molecule has 46 heavy (non-hydrogen) atoms. The third-order valence-corrected chi connectivity index (χ3v) is 13.7. The quantitative estimate of drug-likeness (QED) is 0.0770. The summed E-state index contributed by atoms with van der Waals surface area (Å²) in [5.41, 5.74) is 2.52. The summed E-state index contributed by atoms with van der Waals surface area (Å²) in [4.78, 5) is 23.3. The molecule has 0 radical (unpaired) electrons. The van der Waals surface area contributed by atoms with Gasteiger partial charge in [-0.05, 0) is 105 Å². The number of hydrogen-bond acceptors (Lipinski definition) is 3. The van der Waals surface area contributed by atoms with E-state index in [0.29, 0.717) is 23.7 Å². The van der Waals surface area contributed by atoms with Gasteiger partial charge in [0.1, 0.15) is 6.10 Å². The lowest BCUT2D eigenvalue weighted by atomic mass is 9.47. The molecule has 3 saturated carbocycles. The summed E-state index contributed by atoms with van der Waals surface area (Å²) in [7, 11) is 0. The minimum atomic E-state index is -0.672. The van der Waals surface area contributed by atoms with Crippen LogP contribution in [0, 0.1) is 40.4 Å². The molecule has 0 spiro atoms. The van der Waals surface area contributed by atoms with Gasteiger partial charge in [-0.15, -0.1) is 0 Å². The second kappa shape index (κ2) is 18.4. The Labute approximate surface area is 283 Å². The fourth-order valence-electron chi connectivity index (χ4n) is 10.8. The number of esters is 1. The molecule has 7 atom stereocenters. The maximum Gasteiger partial charge on any atom is 0.306 e. The molecule has 3 fully saturated rings. The highest BCUT2D eigenvalue weighted by atomic mass is 16.5. The highest BCUT2D eigenvalue weighted by molar-refractivity contribution is 5.69. The van der Waals surface area contributed by atoms with Crippen molar-refractivity contribution in [3.05, 3.63) is 11.6 Å². The molecule has 1 N–H and O–H groups in total. The van der Waals surface area contributed by atoms with Crippen molar-refractivity contribution in [3.63, 3.8) is 0 Å². The Kier molecular flexibility index (Phi) is 15.0. The predicted octanol–water partition coefficient (Wildman–Crippen LogP) is 12.2. The van der Waals surface area contributed by atoms with Crippen molar-refractivity contribution in [2.75, 3.05) is 0 Å². The lowest BCUT2D eigenvalue weighted by Gasteiger charge is -2.58. The van der Waals surface area contributed by atoms with Gasteiger partial charge in [0.25, 0.3) is 0 Å². The lowest BCUT2D eigenvalue weighted by Crippen LogP contribution is -2.50. The van der Waals surface area contributed by atoms with Crippen LogP contribution in [0.3, 0.4) is 0 Å². The maximum absolute atomic E-state index is 12.8. The Morgan fingerprint density at radius 3 is 2.04 bits per heavy atom. The Morgan fingerprint density at radius 2 is 1.41 bits per heavy atom. The van der Waals surface area contributed by atoms with Crippen LogP contribution < -0.4 is 0 Å². The molecule has 0 saturated heterocycles. The van der Waals surface area contributed by atoms with Crippen molar-refractivity contribution in [1.29, 1.82) is 0 Å². The average molecular weight is 641 g/mol. The number of aliphatic carboxylic acids is 1. The van der Waals surface area contributed by atoms with Crippen molar-refractivity contribution < 1.29 is 19.4 Å². The molecule has 4 heteroatoms. The van der Waals surface area contributed by atoms with E-state index in [1.165, 1.54) is 116 Å². The molecule has 0 aromatic heterocycles. The molecule has 7 unspecified atom stereocenters. The molecular weight excluding hydrogens is 568 g/mol. The van der Waals surface area contributed by atoms with Crippen LogP contribution in [0.1, 0.15) is 195 Å². The van der Waals surface area contributed by atoms with Gasteiger partial charge in [-0.1, -0.05) is 123 Å². The zero-order valence-electron chi connectivity index (χ0n) is 30.6. The Bertz CT molecular complexity index is 969. The molecular formula is C42H72O4. The van der Waals surface area contributed by atoms with Gasteiger partial charge in [0, 0.05) is 19.3 Å². The topological polar surface area (TPSA) is 63.6 Å². The van der Waals surface area contributed by atoms with E-state index >= 15 is 0 Å². The number of unbranched alkanes of at least 4 members (excludes halogenated alkanes) is 12. The summed E-state index contributed by atoms with van der Waals surface area (Å²) in [6.07, 6.45) is 33.6. The number of carboxylic acid groups (broad SMARTS) is 1. The van der Waals surface area contributed by atoms with Crippen LogP contribution in [-0.4, -0.2) is 23.1 Å². The zero-order chi connectivity index (χ0) is 33.0. The molecule has 0 amide bonds. The standard InChI is InChI=1S/C42H72O4/c1-32(2)19-17-18-20-33-24-26-37-36-25-23-34-31-35(27-29-42(34,4)38(36)28-30-41(33,37)3)46-40(45)22-16-14-12-10-8-6-5-7-9-11-13-15-21-39(43)44/h23,32-33,35-38H,5-22,24-31H2,1-4H3,(H,43,44). The molecule has 0 bridgehead atoms.